The molecule has 178 valence electrons. The quantitative estimate of drug-likeness (QED) is 0.384. The lowest BCUT2D eigenvalue weighted by Gasteiger charge is -2.10. The molecule has 9 heteroatoms. The number of nitrogens with zero attached hydrogens (tertiary/aromatic N) is 5. The van der Waals surface area contributed by atoms with Gasteiger partial charge in [0, 0.05) is 41.1 Å². The number of ether oxygens (including phenoxy) is 1. The Labute approximate surface area is 201 Å². The van der Waals surface area contributed by atoms with Crippen LogP contribution in [-0.4, -0.2) is 42.9 Å². The average molecular weight is 471 g/mol. The number of methoxy groups -OCH3 is 1. The number of aryl methyl sites for hydroxylation is 3. The molecule has 1 aromatic carbocycles. The van der Waals surface area contributed by atoms with Crippen LogP contribution >= 0.6 is 0 Å². The lowest BCUT2D eigenvalue weighted by molar-refractivity contribution is 0.0917. The fourth-order valence-electron chi connectivity index (χ4n) is 4.97. The van der Waals surface area contributed by atoms with Crippen LogP contribution in [-0.2, 0) is 6.42 Å². The van der Waals surface area contributed by atoms with Gasteiger partial charge in [-0.25, -0.2) is 14.6 Å². The number of fused-ring (bicyclic) bond motifs is 3. The third kappa shape index (κ3) is 3.50. The van der Waals surface area contributed by atoms with Gasteiger partial charge in [-0.15, -0.1) is 0 Å². The van der Waals surface area contributed by atoms with Crippen molar-refractivity contribution in [3.63, 3.8) is 0 Å². The zero-order valence-corrected chi connectivity index (χ0v) is 20.4. The molecular weight excluding hydrogens is 444 g/mol. The van der Waals surface area contributed by atoms with Gasteiger partial charge in [-0.1, -0.05) is 5.16 Å². The van der Waals surface area contributed by atoms with Gasteiger partial charge in [0.2, 0.25) is 5.91 Å². The van der Waals surface area contributed by atoms with Crippen molar-refractivity contribution in [2.24, 2.45) is 0 Å². The molecule has 4 aromatic heterocycles. The molecule has 0 aliphatic heterocycles. The van der Waals surface area contributed by atoms with Crippen molar-refractivity contribution < 1.29 is 14.1 Å². The third-order valence-electron chi connectivity index (χ3n) is 6.70. The normalized spacial score (nSPS) is 13.7. The van der Waals surface area contributed by atoms with E-state index in [2.05, 4.69) is 20.2 Å². The zero-order chi connectivity index (χ0) is 24.4. The monoisotopic (exact) mass is 470 g/mol. The van der Waals surface area contributed by atoms with Gasteiger partial charge in [-0.2, -0.15) is 5.10 Å². The van der Waals surface area contributed by atoms with Crippen LogP contribution < -0.4 is 4.74 Å². The number of carbonyl (C=O) groups is 1. The van der Waals surface area contributed by atoms with Crippen LogP contribution in [0.5, 0.6) is 5.75 Å². The Morgan fingerprint density at radius 3 is 2.66 bits per heavy atom. The fourth-order valence-corrected chi connectivity index (χ4v) is 4.97. The Kier molecular flexibility index (Phi) is 4.77. The first kappa shape index (κ1) is 21.5. The van der Waals surface area contributed by atoms with E-state index in [0.29, 0.717) is 23.9 Å². The van der Waals surface area contributed by atoms with Gasteiger partial charge >= 0.3 is 0 Å². The highest BCUT2D eigenvalue weighted by Crippen LogP contribution is 2.41. The minimum atomic E-state index is -0.0985. The summed E-state index contributed by atoms with van der Waals surface area (Å²) in [4.78, 5) is 25.3. The Bertz CT molecular complexity index is 1620. The lowest BCUT2D eigenvalue weighted by atomic mass is 10.00. The largest absolute Gasteiger partial charge is 0.496 e. The zero-order valence-electron chi connectivity index (χ0n) is 20.4. The Morgan fingerprint density at radius 2 is 2.00 bits per heavy atom. The summed E-state index contributed by atoms with van der Waals surface area (Å²) in [7, 11) is 1.66. The predicted octanol–water partition coefficient (Wildman–Crippen LogP) is 5.02. The number of benzene rings is 1. The number of aromatic amines is 1. The van der Waals surface area contributed by atoms with Gasteiger partial charge in [-0.3, -0.25) is 4.79 Å². The van der Waals surface area contributed by atoms with Crippen LogP contribution in [0.4, 0.5) is 0 Å². The molecule has 5 aromatic rings. The van der Waals surface area contributed by atoms with Crippen LogP contribution in [0, 0.1) is 20.8 Å². The summed E-state index contributed by atoms with van der Waals surface area (Å²) in [5.74, 6) is 2.47. The standard InChI is InChI=1S/C26H26N6O3/c1-12-24(13(2)35-31-12)19-10-21-18(11-23(19)34-5)25-22(27-14(3)28-26(25)29-21)9-17-8-20(16-6-7-16)30-32(17)15(4)33/h8,10-11,16H,6-7,9H2,1-5H3,(H,27,28,29). The molecule has 1 saturated carbocycles. The number of carbonyl (C=O) groups excluding carboxylic acids is 1. The molecular formula is C26H26N6O3. The SMILES string of the molecule is COc1cc2c(cc1-c1c(C)noc1C)[nH]c1nc(C)nc(Cc3cc(C4CC4)nn3C(C)=O)c12. The summed E-state index contributed by atoms with van der Waals surface area (Å²) < 4.78 is 12.7. The van der Waals surface area contributed by atoms with Crippen LogP contribution in [0.2, 0.25) is 0 Å². The van der Waals surface area contributed by atoms with E-state index in [9.17, 15) is 4.79 Å². The van der Waals surface area contributed by atoms with E-state index >= 15 is 0 Å². The number of rotatable bonds is 5. The van der Waals surface area contributed by atoms with Crippen molar-refractivity contribution in [1.29, 1.82) is 0 Å². The van der Waals surface area contributed by atoms with Crippen molar-refractivity contribution >= 4 is 27.8 Å². The molecule has 0 amide bonds. The number of hydrogen-bond acceptors (Lipinski definition) is 7. The number of aromatic nitrogens is 6. The molecule has 9 nitrogen and oxygen atoms in total. The smallest absolute Gasteiger partial charge is 0.243 e. The molecule has 0 spiro atoms. The maximum atomic E-state index is 12.3. The first-order valence-corrected chi connectivity index (χ1v) is 11.7. The molecule has 4 heterocycles. The average Bonchev–Trinajstić information content (AvgIpc) is 3.36. The maximum absolute atomic E-state index is 12.3. The highest BCUT2D eigenvalue weighted by Gasteiger charge is 2.28. The Balaban J connectivity index is 1.55. The van der Waals surface area contributed by atoms with E-state index in [4.69, 9.17) is 14.2 Å². The third-order valence-corrected chi connectivity index (χ3v) is 6.70. The maximum Gasteiger partial charge on any atom is 0.243 e. The summed E-state index contributed by atoms with van der Waals surface area (Å²) in [6, 6.07) is 6.11. The summed E-state index contributed by atoms with van der Waals surface area (Å²) in [5, 5.41) is 10.6. The second-order valence-electron chi connectivity index (χ2n) is 9.31. The van der Waals surface area contributed by atoms with Crippen LogP contribution in [0.25, 0.3) is 33.1 Å². The highest BCUT2D eigenvalue weighted by molar-refractivity contribution is 6.09. The first-order valence-electron chi connectivity index (χ1n) is 11.7. The summed E-state index contributed by atoms with van der Waals surface area (Å²) >= 11 is 0. The summed E-state index contributed by atoms with van der Waals surface area (Å²) in [5.41, 5.74) is 6.95. The lowest BCUT2D eigenvalue weighted by Crippen LogP contribution is -2.13. The predicted molar refractivity (Wildman–Crippen MR) is 131 cm³/mol. The molecule has 0 bridgehead atoms. The van der Waals surface area contributed by atoms with E-state index in [1.54, 1.807) is 14.0 Å². The topological polar surface area (TPSA) is 112 Å². The van der Waals surface area contributed by atoms with E-state index in [-0.39, 0.29) is 5.91 Å². The Hall–Kier alpha value is -4.01. The molecule has 1 N–H and O–H groups in total. The van der Waals surface area contributed by atoms with Crippen molar-refractivity contribution in [1.82, 2.24) is 29.9 Å². The summed E-state index contributed by atoms with van der Waals surface area (Å²) in [6.45, 7) is 7.23. The fraction of sp³-hybridized carbons (Fsp3) is 0.346. The van der Waals surface area contributed by atoms with Crippen molar-refractivity contribution in [2.45, 2.75) is 52.9 Å². The van der Waals surface area contributed by atoms with E-state index in [1.165, 1.54) is 4.68 Å². The Morgan fingerprint density at radius 1 is 1.20 bits per heavy atom. The molecule has 1 fully saturated rings. The van der Waals surface area contributed by atoms with E-state index in [0.717, 1.165) is 74.4 Å². The molecule has 0 atom stereocenters. The van der Waals surface area contributed by atoms with Crippen molar-refractivity contribution in [3.05, 3.63) is 52.6 Å². The number of nitrogens with one attached hydrogen (secondary N) is 1. The number of H-pyrrole nitrogens is 1. The van der Waals surface area contributed by atoms with Crippen molar-refractivity contribution in [3.8, 4) is 16.9 Å². The highest BCUT2D eigenvalue weighted by atomic mass is 16.5. The van der Waals surface area contributed by atoms with Gasteiger partial charge in [0.1, 0.15) is 23.0 Å². The van der Waals surface area contributed by atoms with Gasteiger partial charge in [0.25, 0.3) is 0 Å². The minimum Gasteiger partial charge on any atom is -0.496 e. The summed E-state index contributed by atoms with van der Waals surface area (Å²) in [6.07, 6.45) is 2.72. The minimum absolute atomic E-state index is 0.0985. The van der Waals surface area contributed by atoms with E-state index in [1.807, 2.05) is 39.0 Å². The van der Waals surface area contributed by atoms with E-state index < -0.39 is 0 Å². The molecule has 0 saturated heterocycles. The van der Waals surface area contributed by atoms with Crippen molar-refractivity contribution in [2.75, 3.05) is 7.11 Å². The van der Waals surface area contributed by atoms with Gasteiger partial charge in [0.15, 0.2) is 0 Å². The van der Waals surface area contributed by atoms with Crippen LogP contribution in [0.1, 0.15) is 64.8 Å². The van der Waals surface area contributed by atoms with Gasteiger partial charge in [0.05, 0.1) is 35.4 Å². The van der Waals surface area contributed by atoms with Gasteiger partial charge in [-0.05, 0) is 51.8 Å². The van der Waals surface area contributed by atoms with Gasteiger partial charge < -0.3 is 14.2 Å². The molecule has 1 aliphatic carbocycles. The van der Waals surface area contributed by atoms with Crippen LogP contribution in [0.15, 0.2) is 22.7 Å². The van der Waals surface area contributed by atoms with Crippen LogP contribution in [0.3, 0.4) is 0 Å². The second-order valence-corrected chi connectivity index (χ2v) is 9.31. The molecule has 35 heavy (non-hydrogen) atoms. The number of hydrogen-bond donors (Lipinski definition) is 1. The first-order chi connectivity index (χ1) is 16.8. The second kappa shape index (κ2) is 7.76. The molecule has 0 radical (unpaired) electrons. The molecule has 6 rings (SSSR count). The molecule has 0 unspecified atom stereocenters. The molecule has 1 aliphatic rings.